The van der Waals surface area contributed by atoms with E-state index < -0.39 is 12.8 Å². The second kappa shape index (κ2) is 10.6. The van der Waals surface area contributed by atoms with E-state index in [0.29, 0.717) is 28.3 Å². The normalized spacial score (nSPS) is 14.2. The number of anilines is 1. The van der Waals surface area contributed by atoms with Crippen LogP contribution >= 0.6 is 0 Å². The van der Waals surface area contributed by atoms with Gasteiger partial charge in [0.25, 0.3) is 5.91 Å². The average molecular weight is 464 g/mol. The van der Waals surface area contributed by atoms with Crippen LogP contribution in [0.2, 0.25) is 0 Å². The summed E-state index contributed by atoms with van der Waals surface area (Å²) in [6.45, 7) is 3.39. The fourth-order valence-electron chi connectivity index (χ4n) is 3.71. The molecule has 0 atom stereocenters. The number of aromatic nitrogens is 2. The van der Waals surface area contributed by atoms with Crippen LogP contribution in [-0.4, -0.2) is 47.5 Å². The van der Waals surface area contributed by atoms with Gasteiger partial charge in [-0.05, 0) is 51.3 Å². The summed E-state index contributed by atoms with van der Waals surface area (Å²) < 4.78 is 42.4. The maximum Gasteiger partial charge on any atom is 0.422 e. The summed E-state index contributed by atoms with van der Waals surface area (Å²) in [5, 5.41) is 2.84. The van der Waals surface area contributed by atoms with Crippen LogP contribution < -0.4 is 15.0 Å². The molecular formula is C23H27F3N4O3. The Bertz CT molecular complexity index is 1000. The number of nitrogens with one attached hydrogen (secondary N) is 1. The number of piperidine rings is 1. The van der Waals surface area contributed by atoms with Crippen LogP contribution in [0.25, 0.3) is 0 Å². The van der Waals surface area contributed by atoms with Crippen molar-refractivity contribution in [2.75, 3.05) is 24.6 Å². The van der Waals surface area contributed by atoms with Crippen LogP contribution in [-0.2, 0) is 17.8 Å². The molecule has 1 saturated heterocycles. The molecule has 2 aromatic heterocycles. The van der Waals surface area contributed by atoms with E-state index in [4.69, 9.17) is 4.74 Å². The summed E-state index contributed by atoms with van der Waals surface area (Å²) in [5.74, 6) is 0.0105. The third kappa shape index (κ3) is 7.44. The zero-order valence-electron chi connectivity index (χ0n) is 18.7. The van der Waals surface area contributed by atoms with Crippen LogP contribution in [0, 0.1) is 6.92 Å². The highest BCUT2D eigenvalue weighted by atomic mass is 19.4. The second-order valence-corrected chi connectivity index (χ2v) is 8.13. The number of rotatable bonds is 8. The molecular weight excluding hydrogens is 437 g/mol. The van der Waals surface area contributed by atoms with E-state index in [1.54, 1.807) is 25.1 Å². The van der Waals surface area contributed by atoms with Gasteiger partial charge in [-0.2, -0.15) is 18.2 Å². The van der Waals surface area contributed by atoms with Crippen LogP contribution in [0.4, 0.5) is 19.0 Å². The Kier molecular flexibility index (Phi) is 7.88. The minimum Gasteiger partial charge on any atom is -0.468 e. The number of aryl methyl sites for hydroxylation is 1. The molecule has 1 N–H and O–H groups in total. The van der Waals surface area contributed by atoms with Crippen LogP contribution in [0.5, 0.6) is 5.88 Å². The number of hydrogen-bond acceptors (Lipinski definition) is 6. The van der Waals surface area contributed by atoms with E-state index in [0.717, 1.165) is 32.4 Å². The summed E-state index contributed by atoms with van der Waals surface area (Å²) in [6.07, 6.45) is -1.32. The molecule has 0 radical (unpaired) electrons. The number of carbonyl (C=O) groups is 2. The van der Waals surface area contributed by atoms with E-state index in [2.05, 4.69) is 15.3 Å². The first-order valence-electron chi connectivity index (χ1n) is 10.8. The summed E-state index contributed by atoms with van der Waals surface area (Å²) in [5.41, 5.74) is 2.21. The fraction of sp³-hybridized carbons (Fsp3) is 0.478. The lowest BCUT2D eigenvalue weighted by atomic mass is 10.1. The first kappa shape index (κ1) is 24.5. The van der Waals surface area contributed by atoms with Crippen molar-refractivity contribution in [3.05, 3.63) is 46.8 Å². The Balaban J connectivity index is 1.77. The van der Waals surface area contributed by atoms with Gasteiger partial charge in [-0.3, -0.25) is 14.6 Å². The van der Waals surface area contributed by atoms with Gasteiger partial charge in [-0.15, -0.1) is 0 Å². The second-order valence-electron chi connectivity index (χ2n) is 8.13. The van der Waals surface area contributed by atoms with E-state index >= 15 is 0 Å². The minimum absolute atomic E-state index is 0.0514. The smallest absolute Gasteiger partial charge is 0.422 e. The summed E-state index contributed by atoms with van der Waals surface area (Å²) in [4.78, 5) is 34.8. The van der Waals surface area contributed by atoms with Gasteiger partial charge in [0.2, 0.25) is 5.88 Å². The number of Topliss-reactive ketones (excluding diaryl/α,β-unsaturated/α-hetero) is 1. The van der Waals surface area contributed by atoms with Crippen molar-refractivity contribution in [3.8, 4) is 5.88 Å². The zero-order chi connectivity index (χ0) is 24.0. The van der Waals surface area contributed by atoms with Gasteiger partial charge in [-0.1, -0.05) is 0 Å². The van der Waals surface area contributed by atoms with E-state index in [1.165, 1.54) is 13.0 Å². The van der Waals surface area contributed by atoms with E-state index in [-0.39, 0.29) is 30.5 Å². The topological polar surface area (TPSA) is 84.4 Å². The molecule has 0 aliphatic carbocycles. The van der Waals surface area contributed by atoms with Crippen molar-refractivity contribution in [1.82, 2.24) is 15.3 Å². The molecule has 0 saturated carbocycles. The van der Waals surface area contributed by atoms with Crippen molar-refractivity contribution in [3.63, 3.8) is 0 Å². The van der Waals surface area contributed by atoms with Crippen molar-refractivity contribution in [2.45, 2.75) is 52.3 Å². The molecule has 178 valence electrons. The predicted octanol–water partition coefficient (Wildman–Crippen LogP) is 3.78. The zero-order valence-corrected chi connectivity index (χ0v) is 18.7. The molecule has 1 aliphatic rings. The van der Waals surface area contributed by atoms with Crippen molar-refractivity contribution in [1.29, 1.82) is 0 Å². The van der Waals surface area contributed by atoms with Gasteiger partial charge >= 0.3 is 6.18 Å². The maximum absolute atomic E-state index is 12.8. The fourth-order valence-corrected chi connectivity index (χ4v) is 3.71. The quantitative estimate of drug-likeness (QED) is 0.640. The van der Waals surface area contributed by atoms with E-state index in [9.17, 15) is 22.8 Å². The molecule has 0 spiro atoms. The van der Waals surface area contributed by atoms with Gasteiger partial charge in [0.05, 0.1) is 0 Å². The lowest BCUT2D eigenvalue weighted by molar-refractivity contribution is -0.154. The summed E-state index contributed by atoms with van der Waals surface area (Å²) >= 11 is 0. The largest absolute Gasteiger partial charge is 0.468 e. The molecule has 1 amide bonds. The van der Waals surface area contributed by atoms with Crippen molar-refractivity contribution < 1.29 is 27.5 Å². The van der Waals surface area contributed by atoms with Gasteiger partial charge in [-0.25, -0.2) is 0 Å². The maximum atomic E-state index is 12.8. The SMILES string of the molecule is CC(=O)Cc1cc(C(=O)NCc2ccc(OCC(F)(F)F)nc2N2CCCCC2)cc(C)n1. The number of carbonyl (C=O) groups excluding carboxylic acids is 2. The Labute approximate surface area is 190 Å². The number of ether oxygens (including phenoxy) is 1. The van der Waals surface area contributed by atoms with Gasteiger partial charge in [0, 0.05) is 54.6 Å². The van der Waals surface area contributed by atoms with Gasteiger partial charge in [0.1, 0.15) is 11.6 Å². The third-order valence-electron chi connectivity index (χ3n) is 5.11. The van der Waals surface area contributed by atoms with Crippen molar-refractivity contribution >= 4 is 17.5 Å². The third-order valence-corrected chi connectivity index (χ3v) is 5.11. The number of alkyl halides is 3. The number of pyridine rings is 2. The summed E-state index contributed by atoms with van der Waals surface area (Å²) in [7, 11) is 0. The lowest BCUT2D eigenvalue weighted by Gasteiger charge is -2.29. The van der Waals surface area contributed by atoms with Crippen molar-refractivity contribution in [2.24, 2.45) is 0 Å². The monoisotopic (exact) mass is 464 g/mol. The number of nitrogens with zero attached hydrogens (tertiary/aromatic N) is 3. The standard InChI is InChI=1S/C23H27F3N4O3/c1-15-10-18(12-19(28-15)11-16(2)31)22(32)27-13-17-6-7-20(33-14-23(24,25)26)29-21(17)30-8-4-3-5-9-30/h6-7,10,12H,3-5,8-9,11,13-14H2,1-2H3,(H,27,32). The van der Waals surface area contributed by atoms with Crippen LogP contribution in [0.15, 0.2) is 24.3 Å². The molecule has 3 rings (SSSR count). The Hall–Kier alpha value is -3.17. The molecule has 1 fully saturated rings. The average Bonchev–Trinajstić information content (AvgIpc) is 2.75. The van der Waals surface area contributed by atoms with Gasteiger partial charge < -0.3 is 15.0 Å². The number of hydrogen-bond donors (Lipinski definition) is 1. The number of amides is 1. The molecule has 2 aromatic rings. The highest BCUT2D eigenvalue weighted by Crippen LogP contribution is 2.26. The predicted molar refractivity (Wildman–Crippen MR) is 116 cm³/mol. The molecule has 0 unspecified atom stereocenters. The molecule has 0 aromatic carbocycles. The molecule has 33 heavy (non-hydrogen) atoms. The Morgan fingerprint density at radius 3 is 2.52 bits per heavy atom. The van der Waals surface area contributed by atoms with Crippen LogP contribution in [0.1, 0.15) is 53.5 Å². The lowest BCUT2D eigenvalue weighted by Crippen LogP contribution is -2.32. The van der Waals surface area contributed by atoms with Gasteiger partial charge in [0.15, 0.2) is 6.61 Å². The number of halogens is 3. The highest BCUT2D eigenvalue weighted by molar-refractivity contribution is 5.94. The van der Waals surface area contributed by atoms with E-state index in [1.807, 2.05) is 4.90 Å². The Morgan fingerprint density at radius 2 is 1.85 bits per heavy atom. The summed E-state index contributed by atoms with van der Waals surface area (Å²) in [6, 6.07) is 6.22. The highest BCUT2D eigenvalue weighted by Gasteiger charge is 2.29. The Morgan fingerprint density at radius 1 is 1.12 bits per heavy atom. The minimum atomic E-state index is -4.45. The molecule has 0 bridgehead atoms. The first-order valence-corrected chi connectivity index (χ1v) is 10.8. The molecule has 10 heteroatoms. The first-order chi connectivity index (χ1) is 15.6. The molecule has 7 nitrogen and oxygen atoms in total. The molecule has 3 heterocycles. The van der Waals surface area contributed by atoms with Crippen LogP contribution in [0.3, 0.4) is 0 Å². The number of ketones is 1. The molecule has 1 aliphatic heterocycles.